The molecular weight excluding hydrogens is 340 g/mol. The first-order valence-corrected chi connectivity index (χ1v) is 7.62. The first kappa shape index (κ1) is 17.2. The Bertz CT molecular complexity index is 965. The van der Waals surface area contributed by atoms with E-state index in [-0.39, 0.29) is 29.5 Å². The van der Waals surface area contributed by atoms with E-state index in [0.717, 1.165) is 0 Å². The van der Waals surface area contributed by atoms with Gasteiger partial charge in [-0.1, -0.05) is 47.6 Å². The van der Waals surface area contributed by atoms with E-state index in [1.165, 1.54) is 6.07 Å². The number of aromatic carboxylic acids is 1. The molecule has 0 aliphatic carbocycles. The largest absolute Gasteiger partial charge is 0.476 e. The normalized spacial score (nSPS) is 10.5. The Morgan fingerprint density at radius 2 is 2.00 bits per heavy atom. The molecule has 0 saturated carbocycles. The Morgan fingerprint density at radius 3 is 2.65 bits per heavy atom. The van der Waals surface area contributed by atoms with E-state index in [2.05, 4.69) is 5.16 Å². The Hall–Kier alpha value is -3.68. The van der Waals surface area contributed by atoms with E-state index in [1.54, 1.807) is 49.4 Å². The van der Waals surface area contributed by atoms with Gasteiger partial charge < -0.3 is 14.4 Å². The molecule has 3 aromatic rings. The summed E-state index contributed by atoms with van der Waals surface area (Å²) >= 11 is 0. The third-order valence-corrected chi connectivity index (χ3v) is 3.77. The minimum atomic E-state index is -1.24. The van der Waals surface area contributed by atoms with Gasteiger partial charge in [0.1, 0.15) is 12.2 Å². The van der Waals surface area contributed by atoms with E-state index >= 15 is 0 Å². The highest BCUT2D eigenvalue weighted by molar-refractivity contribution is 5.95. The van der Waals surface area contributed by atoms with Gasteiger partial charge in [-0.2, -0.15) is 0 Å². The lowest BCUT2D eigenvalue weighted by Gasteiger charge is -2.06. The fraction of sp³-hybridized carbons (Fsp3) is 0.111. The number of hydrogen-bond donors (Lipinski definition) is 1. The standard InChI is InChI=1S/C18H14N2O6/c1-11-7-8-12(9-14(11)20(23)24)10-25-18-15(13-5-3-2-4-6-13)16(17(21)22)19-26-18/h2-9H,10H2,1H3,(H,21,22). The summed E-state index contributed by atoms with van der Waals surface area (Å²) in [5, 5.41) is 23.9. The van der Waals surface area contributed by atoms with E-state index in [1.807, 2.05) is 0 Å². The zero-order valence-electron chi connectivity index (χ0n) is 13.7. The molecule has 0 spiro atoms. The van der Waals surface area contributed by atoms with Gasteiger partial charge in [0.05, 0.1) is 4.92 Å². The Morgan fingerprint density at radius 1 is 1.27 bits per heavy atom. The topological polar surface area (TPSA) is 116 Å². The number of carbonyl (C=O) groups is 1. The zero-order valence-corrected chi connectivity index (χ0v) is 13.7. The van der Waals surface area contributed by atoms with Crippen LogP contribution in [0.15, 0.2) is 53.1 Å². The summed E-state index contributed by atoms with van der Waals surface area (Å²) in [6.07, 6.45) is 0. The van der Waals surface area contributed by atoms with Crippen LogP contribution >= 0.6 is 0 Å². The van der Waals surface area contributed by atoms with Crippen LogP contribution in [0.5, 0.6) is 5.95 Å². The van der Waals surface area contributed by atoms with Crippen LogP contribution in [-0.4, -0.2) is 21.2 Å². The third kappa shape index (κ3) is 3.39. The first-order chi connectivity index (χ1) is 12.5. The number of carboxylic acid groups (broad SMARTS) is 1. The molecule has 0 atom stereocenters. The average molecular weight is 354 g/mol. The SMILES string of the molecule is Cc1ccc(COc2onc(C(=O)O)c2-c2ccccc2)cc1[N+](=O)[O-]. The Labute approximate surface area is 147 Å². The maximum atomic E-state index is 11.4. The number of rotatable bonds is 6. The summed E-state index contributed by atoms with van der Waals surface area (Å²) in [6.45, 7) is 1.61. The van der Waals surface area contributed by atoms with Crippen molar-refractivity contribution in [1.82, 2.24) is 5.16 Å². The van der Waals surface area contributed by atoms with Crippen LogP contribution in [0.2, 0.25) is 0 Å². The molecule has 1 heterocycles. The molecular formula is C18H14N2O6. The maximum absolute atomic E-state index is 11.4. The minimum absolute atomic E-state index is 0.0156. The number of aromatic nitrogens is 1. The molecule has 26 heavy (non-hydrogen) atoms. The molecule has 8 heteroatoms. The minimum Gasteiger partial charge on any atom is -0.476 e. The third-order valence-electron chi connectivity index (χ3n) is 3.77. The van der Waals surface area contributed by atoms with Gasteiger partial charge in [-0.3, -0.25) is 10.1 Å². The van der Waals surface area contributed by atoms with E-state index in [0.29, 0.717) is 16.7 Å². The summed E-state index contributed by atoms with van der Waals surface area (Å²) in [4.78, 5) is 22.0. The zero-order chi connectivity index (χ0) is 18.7. The monoisotopic (exact) mass is 354 g/mol. The molecule has 0 fully saturated rings. The summed E-state index contributed by atoms with van der Waals surface area (Å²) in [5.41, 5.74) is 1.61. The van der Waals surface area contributed by atoms with Gasteiger partial charge in [0.15, 0.2) is 0 Å². The van der Waals surface area contributed by atoms with Gasteiger partial charge >= 0.3 is 11.9 Å². The second kappa shape index (κ2) is 7.06. The first-order valence-electron chi connectivity index (χ1n) is 7.62. The molecule has 0 aliphatic rings. The van der Waals surface area contributed by atoms with Gasteiger partial charge in [0.2, 0.25) is 5.69 Å². The quantitative estimate of drug-likeness (QED) is 0.528. The van der Waals surface area contributed by atoms with Crippen LogP contribution in [0, 0.1) is 17.0 Å². The molecule has 1 aromatic heterocycles. The highest BCUT2D eigenvalue weighted by atomic mass is 16.6. The highest BCUT2D eigenvalue weighted by Gasteiger charge is 2.24. The van der Waals surface area contributed by atoms with E-state index in [4.69, 9.17) is 9.26 Å². The summed E-state index contributed by atoms with van der Waals surface area (Å²) < 4.78 is 10.6. The average Bonchev–Trinajstić information content (AvgIpc) is 3.05. The fourth-order valence-corrected chi connectivity index (χ4v) is 2.47. The molecule has 2 aromatic carbocycles. The smallest absolute Gasteiger partial charge is 0.358 e. The molecule has 0 unspecified atom stereocenters. The summed E-state index contributed by atoms with van der Waals surface area (Å²) in [5.74, 6) is -1.30. The molecule has 0 saturated heterocycles. The van der Waals surface area contributed by atoms with Gasteiger partial charge in [0, 0.05) is 11.6 Å². The van der Waals surface area contributed by atoms with Gasteiger partial charge in [-0.25, -0.2) is 4.79 Å². The second-order valence-corrected chi connectivity index (χ2v) is 5.53. The molecule has 8 nitrogen and oxygen atoms in total. The predicted octanol–water partition coefficient (Wildman–Crippen LogP) is 3.84. The number of ether oxygens (including phenoxy) is 1. The van der Waals surface area contributed by atoms with Crippen LogP contribution in [0.3, 0.4) is 0 Å². The van der Waals surface area contributed by atoms with Crippen molar-refractivity contribution in [2.24, 2.45) is 0 Å². The maximum Gasteiger partial charge on any atom is 0.358 e. The number of hydrogen-bond acceptors (Lipinski definition) is 6. The fourth-order valence-electron chi connectivity index (χ4n) is 2.47. The Balaban J connectivity index is 1.91. The second-order valence-electron chi connectivity index (χ2n) is 5.53. The summed E-state index contributed by atoms with van der Waals surface area (Å²) in [6, 6.07) is 13.4. The van der Waals surface area contributed by atoms with Crippen molar-refractivity contribution >= 4 is 11.7 Å². The van der Waals surface area contributed by atoms with Crippen LogP contribution in [0.4, 0.5) is 5.69 Å². The number of benzene rings is 2. The van der Waals surface area contributed by atoms with Crippen molar-refractivity contribution in [1.29, 1.82) is 0 Å². The molecule has 0 aliphatic heterocycles. The van der Waals surface area contributed by atoms with Gasteiger partial charge in [0.25, 0.3) is 5.69 Å². The van der Waals surface area contributed by atoms with Crippen molar-refractivity contribution in [2.45, 2.75) is 13.5 Å². The molecule has 0 radical (unpaired) electrons. The molecule has 0 bridgehead atoms. The van der Waals surface area contributed by atoms with Crippen LogP contribution in [0.25, 0.3) is 11.1 Å². The van der Waals surface area contributed by atoms with Crippen LogP contribution < -0.4 is 4.74 Å². The van der Waals surface area contributed by atoms with E-state index in [9.17, 15) is 20.0 Å². The molecule has 0 amide bonds. The lowest BCUT2D eigenvalue weighted by atomic mass is 10.1. The molecule has 1 N–H and O–H groups in total. The predicted molar refractivity (Wildman–Crippen MR) is 91.1 cm³/mol. The highest BCUT2D eigenvalue weighted by Crippen LogP contribution is 2.34. The lowest BCUT2D eigenvalue weighted by molar-refractivity contribution is -0.385. The van der Waals surface area contributed by atoms with Gasteiger partial charge in [-0.05, 0) is 18.1 Å². The molecule has 3 rings (SSSR count). The summed E-state index contributed by atoms with van der Waals surface area (Å²) in [7, 11) is 0. The van der Waals surface area contributed by atoms with E-state index < -0.39 is 10.9 Å². The van der Waals surface area contributed by atoms with Crippen LogP contribution in [-0.2, 0) is 6.61 Å². The number of nitro groups is 1. The van der Waals surface area contributed by atoms with Crippen molar-refractivity contribution in [3.05, 3.63) is 75.5 Å². The number of aryl methyl sites for hydroxylation is 1. The van der Waals surface area contributed by atoms with Crippen LogP contribution in [0.1, 0.15) is 21.6 Å². The van der Waals surface area contributed by atoms with Crippen molar-refractivity contribution < 1.29 is 24.1 Å². The van der Waals surface area contributed by atoms with Crippen molar-refractivity contribution in [3.63, 3.8) is 0 Å². The van der Waals surface area contributed by atoms with Crippen molar-refractivity contribution in [3.8, 4) is 17.1 Å². The number of carboxylic acids is 1. The Kier molecular flexibility index (Phi) is 4.66. The number of nitrogens with zero attached hydrogens (tertiary/aromatic N) is 2. The van der Waals surface area contributed by atoms with Crippen molar-refractivity contribution in [2.75, 3.05) is 0 Å². The van der Waals surface area contributed by atoms with Gasteiger partial charge in [-0.15, -0.1) is 0 Å². The molecule has 132 valence electrons. The lowest BCUT2D eigenvalue weighted by Crippen LogP contribution is -2.01. The number of nitro benzene ring substituents is 1.